The average molecular weight is 231 g/mol. The van der Waals surface area contributed by atoms with Crippen LogP contribution in [0.15, 0.2) is 30.3 Å². The van der Waals surface area contributed by atoms with E-state index in [4.69, 9.17) is 0 Å². The van der Waals surface area contributed by atoms with E-state index in [-0.39, 0.29) is 12.0 Å². The molecule has 0 aromatic heterocycles. The number of nitrogens with zero attached hydrogens (tertiary/aromatic N) is 1. The molecule has 3 rings (SSSR count). The van der Waals surface area contributed by atoms with Gasteiger partial charge < -0.3 is 5.11 Å². The molecule has 2 aliphatic rings. The van der Waals surface area contributed by atoms with E-state index >= 15 is 0 Å². The van der Waals surface area contributed by atoms with E-state index in [1.807, 2.05) is 18.2 Å². The van der Waals surface area contributed by atoms with Crippen molar-refractivity contribution in [3.05, 3.63) is 35.9 Å². The fourth-order valence-corrected chi connectivity index (χ4v) is 3.48. The van der Waals surface area contributed by atoms with Crippen molar-refractivity contribution in [1.82, 2.24) is 4.90 Å². The van der Waals surface area contributed by atoms with Crippen molar-refractivity contribution in [3.63, 3.8) is 0 Å². The van der Waals surface area contributed by atoms with E-state index < -0.39 is 5.97 Å². The number of fused-ring (bicyclic) bond motifs is 2. The fourth-order valence-electron chi connectivity index (χ4n) is 3.48. The minimum Gasteiger partial charge on any atom is -0.481 e. The van der Waals surface area contributed by atoms with Crippen LogP contribution >= 0.6 is 0 Å². The van der Waals surface area contributed by atoms with Crippen LogP contribution in [0.1, 0.15) is 18.4 Å². The molecular weight excluding hydrogens is 214 g/mol. The van der Waals surface area contributed by atoms with Gasteiger partial charge in [-0.2, -0.15) is 0 Å². The molecule has 0 radical (unpaired) electrons. The highest BCUT2D eigenvalue weighted by molar-refractivity contribution is 5.72. The second-order valence-corrected chi connectivity index (χ2v) is 5.18. The number of hydrogen-bond acceptors (Lipinski definition) is 2. The number of piperidine rings is 1. The van der Waals surface area contributed by atoms with E-state index in [1.54, 1.807) is 0 Å². The van der Waals surface area contributed by atoms with Gasteiger partial charge in [-0.05, 0) is 24.3 Å². The zero-order chi connectivity index (χ0) is 11.8. The van der Waals surface area contributed by atoms with Gasteiger partial charge >= 0.3 is 5.97 Å². The lowest BCUT2D eigenvalue weighted by Crippen LogP contribution is -2.34. The average Bonchev–Trinajstić information content (AvgIpc) is 2.87. The van der Waals surface area contributed by atoms with Gasteiger partial charge in [0.25, 0.3) is 0 Å². The lowest BCUT2D eigenvalue weighted by molar-refractivity contribution is -0.142. The van der Waals surface area contributed by atoms with Crippen molar-refractivity contribution in [2.45, 2.75) is 25.4 Å². The molecule has 1 saturated heterocycles. The summed E-state index contributed by atoms with van der Waals surface area (Å²) in [4.78, 5) is 13.6. The Morgan fingerprint density at radius 2 is 2.06 bits per heavy atom. The van der Waals surface area contributed by atoms with Gasteiger partial charge in [-0.1, -0.05) is 30.3 Å². The summed E-state index contributed by atoms with van der Waals surface area (Å²) in [6.07, 6.45) is 2.14. The summed E-state index contributed by atoms with van der Waals surface area (Å²) >= 11 is 0. The van der Waals surface area contributed by atoms with Crippen molar-refractivity contribution < 1.29 is 9.90 Å². The molecule has 1 saturated carbocycles. The van der Waals surface area contributed by atoms with E-state index in [1.165, 1.54) is 5.56 Å². The summed E-state index contributed by atoms with van der Waals surface area (Å²) in [5, 5.41) is 9.25. The molecule has 1 N–H and O–H groups in total. The number of carbonyl (C=O) groups is 1. The minimum absolute atomic E-state index is 0.126. The molecule has 1 aromatic rings. The second-order valence-electron chi connectivity index (χ2n) is 5.18. The zero-order valence-electron chi connectivity index (χ0n) is 9.75. The smallest absolute Gasteiger partial charge is 0.308 e. The summed E-state index contributed by atoms with van der Waals surface area (Å²) in [7, 11) is 0. The summed E-state index contributed by atoms with van der Waals surface area (Å²) in [5.74, 6) is -0.354. The van der Waals surface area contributed by atoms with Crippen LogP contribution in [0, 0.1) is 11.8 Å². The minimum atomic E-state index is -0.604. The van der Waals surface area contributed by atoms with E-state index in [2.05, 4.69) is 17.0 Å². The second kappa shape index (κ2) is 4.15. The first kappa shape index (κ1) is 10.8. The van der Waals surface area contributed by atoms with Crippen LogP contribution < -0.4 is 0 Å². The van der Waals surface area contributed by atoms with E-state index in [0.717, 1.165) is 25.9 Å². The Kier molecular flexibility index (Phi) is 2.63. The Hall–Kier alpha value is -1.35. The third-order valence-electron chi connectivity index (χ3n) is 4.21. The number of hydrogen-bond donors (Lipinski definition) is 1. The van der Waals surface area contributed by atoms with Crippen molar-refractivity contribution in [1.29, 1.82) is 0 Å². The molecule has 1 heterocycles. The molecule has 2 bridgehead atoms. The molecule has 1 aromatic carbocycles. The highest BCUT2D eigenvalue weighted by Crippen LogP contribution is 2.43. The van der Waals surface area contributed by atoms with Crippen molar-refractivity contribution in [3.8, 4) is 0 Å². The Balaban J connectivity index is 1.73. The lowest BCUT2D eigenvalue weighted by Gasteiger charge is -2.26. The lowest BCUT2D eigenvalue weighted by atomic mass is 9.99. The molecular formula is C14H17NO2. The maximum absolute atomic E-state index is 11.2. The topological polar surface area (TPSA) is 40.5 Å². The summed E-state index contributed by atoms with van der Waals surface area (Å²) in [5.41, 5.74) is 1.28. The molecule has 3 heteroatoms. The monoisotopic (exact) mass is 231 g/mol. The predicted molar refractivity (Wildman–Crippen MR) is 64.5 cm³/mol. The van der Waals surface area contributed by atoms with Gasteiger partial charge in [0.1, 0.15) is 0 Å². The van der Waals surface area contributed by atoms with Gasteiger partial charge in [0.05, 0.1) is 5.92 Å². The molecule has 17 heavy (non-hydrogen) atoms. The third kappa shape index (κ3) is 1.84. The Bertz CT molecular complexity index is 417. The largest absolute Gasteiger partial charge is 0.481 e. The molecule has 3 unspecified atom stereocenters. The van der Waals surface area contributed by atoms with E-state index in [0.29, 0.717) is 5.92 Å². The summed E-state index contributed by atoms with van der Waals surface area (Å²) in [6.45, 7) is 1.85. The van der Waals surface area contributed by atoms with Crippen molar-refractivity contribution >= 4 is 5.97 Å². The fraction of sp³-hybridized carbons (Fsp3) is 0.500. The van der Waals surface area contributed by atoms with Gasteiger partial charge in [-0.25, -0.2) is 0 Å². The van der Waals surface area contributed by atoms with Crippen LogP contribution in [0.2, 0.25) is 0 Å². The first-order chi connectivity index (χ1) is 8.25. The van der Waals surface area contributed by atoms with Crippen LogP contribution in [0.4, 0.5) is 0 Å². The van der Waals surface area contributed by atoms with Gasteiger partial charge in [0.15, 0.2) is 0 Å². The highest BCUT2D eigenvalue weighted by atomic mass is 16.4. The highest BCUT2D eigenvalue weighted by Gasteiger charge is 2.50. The molecule has 1 aliphatic carbocycles. The standard InChI is InChI=1S/C14H17NO2/c16-14(17)13-11-6-7-12(13)15(9-11)8-10-4-2-1-3-5-10/h1-5,11-13H,6-9H2,(H,16,17). The van der Waals surface area contributed by atoms with Gasteiger partial charge in [-0.3, -0.25) is 9.69 Å². The molecule has 3 nitrogen and oxygen atoms in total. The predicted octanol–water partition coefficient (Wildman–Crippen LogP) is 1.98. The van der Waals surface area contributed by atoms with Gasteiger partial charge in [0.2, 0.25) is 0 Å². The van der Waals surface area contributed by atoms with Gasteiger partial charge in [-0.15, -0.1) is 0 Å². The number of carboxylic acids is 1. The summed E-state index contributed by atoms with van der Waals surface area (Å²) in [6, 6.07) is 10.6. The quantitative estimate of drug-likeness (QED) is 0.864. The molecule has 2 fully saturated rings. The Morgan fingerprint density at radius 3 is 2.71 bits per heavy atom. The van der Waals surface area contributed by atoms with Gasteiger partial charge in [0, 0.05) is 19.1 Å². The van der Waals surface area contributed by atoms with Crippen LogP contribution in [0.5, 0.6) is 0 Å². The number of aliphatic carboxylic acids is 1. The number of rotatable bonds is 3. The van der Waals surface area contributed by atoms with Crippen molar-refractivity contribution in [2.24, 2.45) is 11.8 Å². The van der Waals surface area contributed by atoms with Crippen LogP contribution in [-0.2, 0) is 11.3 Å². The Labute approximate surface area is 101 Å². The number of carboxylic acid groups (broad SMARTS) is 1. The molecule has 0 spiro atoms. The first-order valence-electron chi connectivity index (χ1n) is 6.26. The molecule has 0 amide bonds. The summed E-state index contributed by atoms with van der Waals surface area (Å²) < 4.78 is 0. The van der Waals surface area contributed by atoms with Crippen LogP contribution in [0.3, 0.4) is 0 Å². The third-order valence-corrected chi connectivity index (χ3v) is 4.21. The normalized spacial score (nSPS) is 31.9. The molecule has 1 aliphatic heterocycles. The number of benzene rings is 1. The Morgan fingerprint density at radius 1 is 1.29 bits per heavy atom. The number of likely N-dealkylation sites (tertiary alicyclic amines) is 1. The maximum Gasteiger partial charge on any atom is 0.308 e. The van der Waals surface area contributed by atoms with Crippen LogP contribution in [-0.4, -0.2) is 28.6 Å². The first-order valence-corrected chi connectivity index (χ1v) is 6.26. The van der Waals surface area contributed by atoms with Crippen LogP contribution in [0.25, 0.3) is 0 Å². The maximum atomic E-state index is 11.2. The molecule has 90 valence electrons. The van der Waals surface area contributed by atoms with Crippen molar-refractivity contribution in [2.75, 3.05) is 6.54 Å². The zero-order valence-corrected chi connectivity index (χ0v) is 9.75. The molecule has 3 atom stereocenters. The van der Waals surface area contributed by atoms with E-state index in [9.17, 15) is 9.90 Å². The SMILES string of the molecule is O=C(O)C1C2CCC1N(Cc1ccccc1)C2.